The average Bonchev–Trinajstić information content (AvgIpc) is 3.15. The predicted molar refractivity (Wildman–Crippen MR) is 96.8 cm³/mol. The van der Waals surface area contributed by atoms with Gasteiger partial charge >= 0.3 is 0 Å². The van der Waals surface area contributed by atoms with Gasteiger partial charge in [0.1, 0.15) is 23.2 Å². The molecule has 0 N–H and O–H groups in total. The summed E-state index contributed by atoms with van der Waals surface area (Å²) in [5.41, 5.74) is 2.61. The van der Waals surface area contributed by atoms with Crippen LogP contribution in [-0.4, -0.2) is 4.98 Å². The first kappa shape index (κ1) is 13.0. The highest BCUT2D eigenvalue weighted by Crippen LogP contribution is 2.40. The number of aromatic nitrogens is 1. The van der Waals surface area contributed by atoms with Crippen LogP contribution in [-0.2, 0) is 0 Å². The molecule has 23 heavy (non-hydrogen) atoms. The Balaban J connectivity index is 1.79. The Morgan fingerprint density at radius 2 is 2.13 bits per heavy atom. The Kier molecular flexibility index (Phi) is 2.70. The molecule has 0 fully saturated rings. The highest BCUT2D eigenvalue weighted by Gasteiger charge is 2.16. The smallest absolute Gasteiger partial charge is 0.255 e. The summed E-state index contributed by atoms with van der Waals surface area (Å²) in [7, 11) is 0. The molecule has 0 spiro atoms. The largest absolute Gasteiger partial charge is 0.434 e. The maximum Gasteiger partial charge on any atom is 0.255 e. The average molecular weight is 335 g/mol. The van der Waals surface area contributed by atoms with Crippen LogP contribution in [0, 0.1) is 6.08 Å². The molecule has 0 aliphatic heterocycles. The third-order valence-electron chi connectivity index (χ3n) is 3.92. The van der Waals surface area contributed by atoms with Crippen molar-refractivity contribution in [1.82, 2.24) is 4.98 Å². The van der Waals surface area contributed by atoms with Gasteiger partial charge in [-0.05, 0) is 12.1 Å². The van der Waals surface area contributed by atoms with Crippen LogP contribution < -0.4 is 0 Å². The molecule has 2 aromatic carbocycles. The Hall–Kier alpha value is -2.45. The van der Waals surface area contributed by atoms with Gasteiger partial charge in [0.05, 0.1) is 21.9 Å². The fourth-order valence-electron chi connectivity index (χ4n) is 2.84. The quantitative estimate of drug-likeness (QED) is 0.389. The molecule has 0 unspecified atom stereocenters. The lowest BCUT2D eigenvalue weighted by Gasteiger charge is -1.92. The van der Waals surface area contributed by atoms with Crippen molar-refractivity contribution in [2.24, 2.45) is 0 Å². The Morgan fingerprint density at radius 3 is 3.00 bits per heavy atom. The van der Waals surface area contributed by atoms with Gasteiger partial charge in [0.25, 0.3) is 5.89 Å². The van der Waals surface area contributed by atoms with E-state index in [-0.39, 0.29) is 0 Å². The molecule has 0 atom stereocenters. The van der Waals surface area contributed by atoms with Crippen molar-refractivity contribution in [3.63, 3.8) is 0 Å². The van der Waals surface area contributed by atoms with E-state index in [1.807, 2.05) is 36.4 Å². The van der Waals surface area contributed by atoms with Crippen LogP contribution in [0.25, 0.3) is 36.8 Å². The lowest BCUT2D eigenvalue weighted by Crippen LogP contribution is -1.81. The molecule has 1 aliphatic rings. The standard InChI is InChI=1S/C19H9ClNOS/c20-14-8-4-7-12-13-9-15-16(10-17(13)23-18(12)14)22-19(21-15)11-5-2-1-3-6-11/h2-10H/q+1. The number of halogens is 1. The van der Waals surface area contributed by atoms with Gasteiger partial charge in [-0.3, -0.25) is 0 Å². The molecule has 2 aromatic heterocycles. The van der Waals surface area contributed by atoms with Crippen molar-refractivity contribution in [2.75, 3.05) is 0 Å². The summed E-state index contributed by atoms with van der Waals surface area (Å²) in [6, 6.07) is 10.1. The number of allylic oxidation sites excluding steroid dienone is 6. The van der Waals surface area contributed by atoms with E-state index in [4.69, 9.17) is 16.0 Å². The minimum absolute atomic E-state index is 0.633. The van der Waals surface area contributed by atoms with Crippen molar-refractivity contribution in [2.45, 2.75) is 0 Å². The van der Waals surface area contributed by atoms with E-state index in [1.54, 1.807) is 11.3 Å². The van der Waals surface area contributed by atoms with E-state index in [1.165, 1.54) is 10.8 Å². The van der Waals surface area contributed by atoms with Crippen molar-refractivity contribution >= 4 is 59.8 Å². The van der Waals surface area contributed by atoms with Crippen LogP contribution in [0.5, 0.6) is 0 Å². The summed E-state index contributed by atoms with van der Waals surface area (Å²) in [6.45, 7) is 0. The maximum atomic E-state index is 6.31. The second kappa shape index (κ2) is 4.77. The van der Waals surface area contributed by atoms with E-state index in [0.717, 1.165) is 31.1 Å². The van der Waals surface area contributed by atoms with Gasteiger partial charge < -0.3 is 4.42 Å². The molecule has 108 valence electrons. The number of oxazole rings is 1. The minimum atomic E-state index is 0.633. The monoisotopic (exact) mass is 334 g/mol. The number of hydrogen-bond acceptors (Lipinski definition) is 3. The lowest BCUT2D eigenvalue weighted by molar-refractivity contribution is 0.586. The molecule has 0 saturated carbocycles. The van der Waals surface area contributed by atoms with E-state index in [2.05, 4.69) is 29.3 Å². The van der Waals surface area contributed by atoms with E-state index in [0.29, 0.717) is 5.89 Å². The van der Waals surface area contributed by atoms with Gasteiger partial charge in [-0.25, -0.2) is 4.98 Å². The summed E-state index contributed by atoms with van der Waals surface area (Å²) in [4.78, 5) is 4.63. The minimum Gasteiger partial charge on any atom is -0.434 e. The zero-order chi connectivity index (χ0) is 15.4. The maximum absolute atomic E-state index is 6.31. The fourth-order valence-corrected chi connectivity index (χ4v) is 4.25. The van der Waals surface area contributed by atoms with Crippen LogP contribution in [0.4, 0.5) is 0 Å². The molecular formula is C19H9ClNOS+. The third-order valence-corrected chi connectivity index (χ3v) is 5.55. The van der Waals surface area contributed by atoms with Gasteiger partial charge in [0, 0.05) is 27.6 Å². The summed E-state index contributed by atoms with van der Waals surface area (Å²) in [6.07, 6.45) is 10.6. The van der Waals surface area contributed by atoms with Crippen molar-refractivity contribution < 1.29 is 4.42 Å². The number of nitrogens with zero attached hydrogens (tertiary/aromatic N) is 1. The van der Waals surface area contributed by atoms with Crippen molar-refractivity contribution in [1.29, 1.82) is 0 Å². The number of fused-ring (bicyclic) bond motifs is 4. The van der Waals surface area contributed by atoms with Crippen LogP contribution in [0.3, 0.4) is 0 Å². The molecule has 0 amide bonds. The van der Waals surface area contributed by atoms with Gasteiger partial charge in [0.2, 0.25) is 0 Å². The SMILES string of the molecule is Clc1cccc2c1sc1cc3oc(C4=CC=[C+]C=C4)nc3cc12. The van der Waals surface area contributed by atoms with Crippen molar-refractivity contribution in [3.05, 3.63) is 71.6 Å². The fraction of sp³-hybridized carbons (Fsp3) is 0. The molecule has 2 heterocycles. The summed E-state index contributed by atoms with van der Waals surface area (Å²) in [5, 5.41) is 3.12. The predicted octanol–water partition coefficient (Wildman–Crippen LogP) is 6.16. The molecule has 4 aromatic rings. The number of rotatable bonds is 1. The van der Waals surface area contributed by atoms with Crippen molar-refractivity contribution in [3.8, 4) is 0 Å². The molecule has 0 bridgehead atoms. The molecular weight excluding hydrogens is 326 g/mol. The van der Waals surface area contributed by atoms with Crippen LogP contribution in [0.15, 0.2) is 59.1 Å². The number of hydrogen-bond donors (Lipinski definition) is 0. The molecule has 0 radical (unpaired) electrons. The number of benzene rings is 2. The highest BCUT2D eigenvalue weighted by molar-refractivity contribution is 7.26. The van der Waals surface area contributed by atoms with Crippen LogP contribution in [0.2, 0.25) is 5.02 Å². The molecule has 0 saturated heterocycles. The first-order chi connectivity index (χ1) is 11.3. The van der Waals surface area contributed by atoms with Crippen LogP contribution >= 0.6 is 22.9 Å². The Morgan fingerprint density at radius 1 is 1.17 bits per heavy atom. The van der Waals surface area contributed by atoms with Gasteiger partial charge in [-0.2, -0.15) is 0 Å². The summed E-state index contributed by atoms with van der Waals surface area (Å²) < 4.78 is 8.20. The molecule has 2 nitrogen and oxygen atoms in total. The van der Waals surface area contributed by atoms with Gasteiger partial charge in [-0.15, -0.1) is 11.3 Å². The highest BCUT2D eigenvalue weighted by atomic mass is 35.5. The van der Waals surface area contributed by atoms with Crippen LogP contribution in [0.1, 0.15) is 5.89 Å². The lowest BCUT2D eigenvalue weighted by atomic mass is 10.1. The molecule has 4 heteroatoms. The zero-order valence-corrected chi connectivity index (χ0v) is 13.4. The summed E-state index contributed by atoms with van der Waals surface area (Å²) >= 11 is 7.99. The first-order valence-electron chi connectivity index (χ1n) is 7.17. The number of thiophene rings is 1. The summed E-state index contributed by atoms with van der Waals surface area (Å²) in [5.74, 6) is 0.633. The van der Waals surface area contributed by atoms with Gasteiger partial charge in [0.15, 0.2) is 5.58 Å². The molecule has 5 rings (SSSR count). The normalized spacial score (nSPS) is 13.9. The zero-order valence-electron chi connectivity index (χ0n) is 11.8. The van der Waals surface area contributed by atoms with E-state index >= 15 is 0 Å². The van der Waals surface area contributed by atoms with Gasteiger partial charge in [-0.1, -0.05) is 23.7 Å². The topological polar surface area (TPSA) is 26.0 Å². The first-order valence-corrected chi connectivity index (χ1v) is 8.37. The van der Waals surface area contributed by atoms with E-state index in [9.17, 15) is 0 Å². The van der Waals surface area contributed by atoms with E-state index < -0.39 is 0 Å². The second-order valence-corrected chi connectivity index (χ2v) is 6.80. The third kappa shape index (κ3) is 1.95. The molecule has 1 aliphatic carbocycles. The Labute approximate surface area is 141 Å². The second-order valence-electron chi connectivity index (χ2n) is 5.34. The Bertz CT molecular complexity index is 1180.